The monoisotopic (exact) mass is 371 g/mol. The quantitative estimate of drug-likeness (QED) is 0.176. The minimum atomic E-state index is -4.22. The van der Waals surface area contributed by atoms with E-state index in [9.17, 15) is 14.3 Å². The molecular formula is C10H14N9O5P. The Morgan fingerprint density at radius 3 is 3.12 bits per heavy atom. The number of imidazole rings is 1. The van der Waals surface area contributed by atoms with E-state index in [0.29, 0.717) is 0 Å². The Kier molecular flexibility index (Phi) is 4.47. The highest BCUT2D eigenvalue weighted by Crippen LogP contribution is 2.52. The van der Waals surface area contributed by atoms with Crippen LogP contribution < -0.4 is 17.2 Å². The molecule has 15 heteroatoms. The summed E-state index contributed by atoms with van der Waals surface area (Å²) in [6.07, 6.45) is 0.507. The second-order valence-electron chi connectivity index (χ2n) is 5.33. The first kappa shape index (κ1) is 17.4. The van der Waals surface area contributed by atoms with Crippen LogP contribution in [0, 0.1) is 0 Å². The molecule has 6 N–H and O–H groups in total. The van der Waals surface area contributed by atoms with E-state index >= 15 is 0 Å². The van der Waals surface area contributed by atoms with Crippen LogP contribution in [0.1, 0.15) is 6.42 Å². The van der Waals surface area contributed by atoms with E-state index in [-0.39, 0.29) is 30.1 Å². The fourth-order valence-electron chi connectivity index (χ4n) is 2.64. The van der Waals surface area contributed by atoms with Crippen LogP contribution in [0.3, 0.4) is 0 Å². The Morgan fingerprint density at radius 1 is 1.68 bits per heavy atom. The maximum Gasteiger partial charge on any atom is 0.372 e. The molecule has 3 rings (SSSR count). The fraction of sp³-hybridized carbons (Fsp3) is 0.500. The third-order valence-electron chi connectivity index (χ3n) is 3.79. The van der Waals surface area contributed by atoms with Gasteiger partial charge in [0.15, 0.2) is 17.0 Å². The van der Waals surface area contributed by atoms with Crippen molar-refractivity contribution in [3.63, 3.8) is 0 Å². The van der Waals surface area contributed by atoms with Crippen LogP contribution >= 0.6 is 7.60 Å². The Morgan fingerprint density at radius 2 is 2.44 bits per heavy atom. The number of azide groups is 1. The predicted molar refractivity (Wildman–Crippen MR) is 83.9 cm³/mol. The van der Waals surface area contributed by atoms with Gasteiger partial charge in [-0.05, 0) is 12.0 Å². The van der Waals surface area contributed by atoms with E-state index in [0.717, 1.165) is 0 Å². The van der Waals surface area contributed by atoms with Crippen LogP contribution in [0.15, 0.2) is 16.2 Å². The molecule has 0 radical (unpaired) electrons. The Hall–Kier alpha value is -2.47. The van der Waals surface area contributed by atoms with Gasteiger partial charge in [0.2, 0.25) is 5.95 Å². The maximum atomic E-state index is 11.8. The molecule has 1 unspecified atom stereocenters. The molecule has 2 aromatic heterocycles. The van der Waals surface area contributed by atoms with Crippen LogP contribution in [0.2, 0.25) is 0 Å². The number of aromatic nitrogens is 4. The molecule has 0 spiro atoms. The Balaban J connectivity index is 1.92. The summed E-state index contributed by atoms with van der Waals surface area (Å²) in [5.41, 5.74) is 14.0. The lowest BCUT2D eigenvalue weighted by atomic mass is 10.1. The number of aromatic amines is 1. The van der Waals surface area contributed by atoms with Crippen molar-refractivity contribution in [2.24, 2.45) is 11.0 Å². The van der Waals surface area contributed by atoms with Crippen molar-refractivity contribution in [3.8, 4) is 0 Å². The lowest BCUT2D eigenvalue weighted by Gasteiger charge is -2.17. The van der Waals surface area contributed by atoms with E-state index in [1.165, 1.54) is 10.9 Å². The molecule has 1 saturated heterocycles. The first-order valence-corrected chi connectivity index (χ1v) is 8.61. The molecule has 1 fully saturated rings. The molecule has 134 valence electrons. The van der Waals surface area contributed by atoms with Gasteiger partial charge in [0, 0.05) is 4.91 Å². The normalized spacial score (nSPS) is 25.6. The van der Waals surface area contributed by atoms with Gasteiger partial charge < -0.3 is 19.9 Å². The molecule has 14 nitrogen and oxygen atoms in total. The largest absolute Gasteiger partial charge is 0.372 e. The molecule has 0 amide bonds. The Labute approximate surface area is 138 Å². The molecule has 25 heavy (non-hydrogen) atoms. The summed E-state index contributed by atoms with van der Waals surface area (Å²) in [7, 11) is -4.22. The maximum absolute atomic E-state index is 11.8. The SMILES string of the molecule is [N-]=[N+]=N[C@@H]1C[C@H](P(=O)(O)ON)O[C@@H]1Cn1cnc2c(=O)[nH]c(N)nc21. The van der Waals surface area contributed by atoms with Gasteiger partial charge in [0.05, 0.1) is 25.0 Å². The van der Waals surface area contributed by atoms with E-state index in [2.05, 4.69) is 29.6 Å². The second-order valence-corrected chi connectivity index (χ2v) is 7.24. The predicted octanol–water partition coefficient (Wildman–Crippen LogP) is -0.429. The van der Waals surface area contributed by atoms with Crippen molar-refractivity contribution in [1.29, 1.82) is 0 Å². The summed E-state index contributed by atoms with van der Waals surface area (Å²) in [5, 5.41) is 3.58. The van der Waals surface area contributed by atoms with Gasteiger partial charge in [-0.3, -0.25) is 14.3 Å². The first-order chi connectivity index (χ1) is 11.9. The van der Waals surface area contributed by atoms with Crippen molar-refractivity contribution in [3.05, 3.63) is 27.1 Å². The Bertz CT molecular complexity index is 950. The average molecular weight is 371 g/mol. The zero-order valence-electron chi connectivity index (χ0n) is 12.6. The van der Waals surface area contributed by atoms with Crippen LogP contribution in [-0.2, 0) is 20.5 Å². The minimum absolute atomic E-state index is 0.0527. The second kappa shape index (κ2) is 6.44. The molecule has 0 saturated carbocycles. The topological polar surface area (TPSA) is 220 Å². The van der Waals surface area contributed by atoms with Crippen LogP contribution in [-0.4, -0.2) is 42.4 Å². The lowest BCUT2D eigenvalue weighted by molar-refractivity contribution is 0.0528. The van der Waals surface area contributed by atoms with Crippen LogP contribution in [0.5, 0.6) is 0 Å². The van der Waals surface area contributed by atoms with E-state index < -0.39 is 31.1 Å². The molecule has 0 aliphatic carbocycles. The molecule has 0 aromatic carbocycles. The van der Waals surface area contributed by atoms with Crippen molar-refractivity contribution in [1.82, 2.24) is 19.5 Å². The van der Waals surface area contributed by atoms with Gasteiger partial charge >= 0.3 is 7.60 Å². The number of nitrogens with one attached hydrogen (secondary N) is 1. The zero-order chi connectivity index (χ0) is 18.2. The van der Waals surface area contributed by atoms with E-state index in [4.69, 9.17) is 21.9 Å². The molecule has 1 aliphatic rings. The van der Waals surface area contributed by atoms with E-state index in [1.807, 2.05) is 0 Å². The standard InChI is InChI=1S/C10H14N9O5P/c11-10-15-8-7(9(20)16-10)14-3-19(8)2-5-4(17-18-12)1-6(23-5)25(21,22)24-13/h3-6H,1-2,13H2,(H,21,22)(H3,11,15,16,20)/t4-,5-,6+/m1/s1. The minimum Gasteiger partial charge on any atom is -0.369 e. The van der Waals surface area contributed by atoms with Crippen molar-refractivity contribution in [2.75, 3.05) is 5.73 Å². The van der Waals surface area contributed by atoms with Gasteiger partial charge in [-0.25, -0.2) is 15.5 Å². The number of nitrogens with zero attached hydrogens (tertiary/aromatic N) is 6. The number of hydrogen-bond acceptors (Lipinski definition) is 9. The van der Waals surface area contributed by atoms with Gasteiger partial charge in [0.25, 0.3) is 5.56 Å². The van der Waals surface area contributed by atoms with Gasteiger partial charge in [-0.2, -0.15) is 4.98 Å². The third kappa shape index (κ3) is 3.22. The van der Waals surface area contributed by atoms with Crippen LogP contribution in [0.4, 0.5) is 5.95 Å². The molecule has 3 heterocycles. The average Bonchev–Trinajstić information content (AvgIpc) is 3.14. The van der Waals surface area contributed by atoms with Crippen LogP contribution in [0.25, 0.3) is 21.6 Å². The highest BCUT2D eigenvalue weighted by atomic mass is 31.2. The molecule has 4 atom stereocenters. The number of nitrogen functional groups attached to an aromatic ring is 1. The fourth-order valence-corrected chi connectivity index (χ4v) is 3.56. The van der Waals surface area contributed by atoms with Gasteiger partial charge in [-0.15, -0.1) is 0 Å². The number of rotatable bonds is 5. The number of H-pyrrole nitrogens is 1. The number of anilines is 1. The molecule has 2 aromatic rings. The van der Waals surface area contributed by atoms with E-state index in [1.54, 1.807) is 0 Å². The van der Waals surface area contributed by atoms with Gasteiger partial charge in [-0.1, -0.05) is 5.11 Å². The van der Waals surface area contributed by atoms with Crippen molar-refractivity contribution >= 4 is 24.7 Å². The lowest BCUT2D eigenvalue weighted by Crippen LogP contribution is -2.25. The summed E-state index contributed by atoms with van der Waals surface area (Å²) < 4.78 is 22.9. The zero-order valence-corrected chi connectivity index (χ0v) is 13.5. The molecule has 0 bridgehead atoms. The summed E-state index contributed by atoms with van der Waals surface area (Å²) in [6, 6.07) is -0.748. The number of nitrogens with two attached hydrogens (primary N) is 2. The number of ether oxygens (including phenoxy) is 1. The third-order valence-corrected chi connectivity index (χ3v) is 5.15. The van der Waals surface area contributed by atoms with Gasteiger partial charge in [0.1, 0.15) is 0 Å². The highest BCUT2D eigenvalue weighted by molar-refractivity contribution is 7.53. The first-order valence-electron chi connectivity index (χ1n) is 6.97. The molecular weight excluding hydrogens is 357 g/mol. The molecule has 1 aliphatic heterocycles. The van der Waals surface area contributed by atoms with Crippen molar-refractivity contribution < 1.29 is 18.8 Å². The summed E-state index contributed by atoms with van der Waals surface area (Å²) in [4.78, 5) is 34.4. The number of hydrogen-bond donors (Lipinski definition) is 4. The summed E-state index contributed by atoms with van der Waals surface area (Å²) in [6.45, 7) is 0.0527. The van der Waals surface area contributed by atoms with Crippen molar-refractivity contribution in [2.45, 2.75) is 31.0 Å². The summed E-state index contributed by atoms with van der Waals surface area (Å²) in [5.74, 6) is 3.49. The smallest absolute Gasteiger partial charge is 0.369 e. The number of fused-ring (bicyclic) bond motifs is 1. The highest BCUT2D eigenvalue weighted by Gasteiger charge is 2.45. The summed E-state index contributed by atoms with van der Waals surface area (Å²) >= 11 is 0.